The summed E-state index contributed by atoms with van der Waals surface area (Å²) in [6.45, 7) is 4.84. The van der Waals surface area contributed by atoms with Crippen molar-refractivity contribution in [3.63, 3.8) is 0 Å². The molecule has 198 valence electrons. The molecule has 0 aliphatic carbocycles. The molecular formula is C24H30O12. The van der Waals surface area contributed by atoms with Crippen molar-refractivity contribution in [3.05, 3.63) is 24.3 Å². The Bertz CT molecular complexity index is 829. The van der Waals surface area contributed by atoms with E-state index in [0.717, 1.165) is 0 Å². The van der Waals surface area contributed by atoms with Crippen LogP contribution in [0.2, 0.25) is 0 Å². The number of carbonyl (C=O) groups is 4. The third-order valence-corrected chi connectivity index (χ3v) is 4.54. The van der Waals surface area contributed by atoms with Crippen molar-refractivity contribution < 1.29 is 57.1 Å². The Balaban J connectivity index is 1.79. The van der Waals surface area contributed by atoms with Crippen molar-refractivity contribution in [2.24, 2.45) is 0 Å². The standard InChI is InChI=1S/C24H30O12/c1-15(25)31-13-21-19(33-17(3)27)7-9-23(35-21)29-11-5-6-12-30-24-10-8-20(34-18(4)28)22(36-24)14-32-16(2)26/h7-10,19-24H,11-14H2,1-4H3/t19-,20-,21+,22+,23-,24-/m0/s1. The van der Waals surface area contributed by atoms with Crippen LogP contribution in [-0.4, -0.2) is 87.3 Å². The van der Waals surface area contributed by atoms with Gasteiger partial charge in [0.15, 0.2) is 12.6 Å². The van der Waals surface area contributed by atoms with Gasteiger partial charge >= 0.3 is 23.9 Å². The molecular weight excluding hydrogens is 480 g/mol. The lowest BCUT2D eigenvalue weighted by Crippen LogP contribution is -2.42. The average molecular weight is 510 g/mol. The fraction of sp³-hybridized carbons (Fsp3) is 0.583. The lowest BCUT2D eigenvalue weighted by molar-refractivity contribution is -0.194. The van der Waals surface area contributed by atoms with Crippen molar-refractivity contribution in [1.29, 1.82) is 0 Å². The van der Waals surface area contributed by atoms with E-state index in [9.17, 15) is 19.2 Å². The maximum Gasteiger partial charge on any atom is 0.303 e. The van der Waals surface area contributed by atoms with E-state index < -0.39 is 60.9 Å². The fourth-order valence-corrected chi connectivity index (χ4v) is 3.06. The highest BCUT2D eigenvalue weighted by Crippen LogP contribution is 2.19. The Kier molecular flexibility index (Phi) is 12.1. The van der Waals surface area contributed by atoms with Crippen molar-refractivity contribution in [1.82, 2.24) is 0 Å². The molecule has 2 rings (SSSR count). The summed E-state index contributed by atoms with van der Waals surface area (Å²) in [5.41, 5.74) is 0. The first-order chi connectivity index (χ1) is 17.1. The quantitative estimate of drug-likeness (QED) is 0.176. The Morgan fingerprint density at radius 3 is 1.36 bits per heavy atom. The summed E-state index contributed by atoms with van der Waals surface area (Å²) < 4.78 is 42.6. The molecule has 0 aromatic rings. The molecule has 0 aromatic carbocycles. The zero-order valence-electron chi connectivity index (χ0n) is 20.5. The van der Waals surface area contributed by atoms with Crippen molar-refractivity contribution in [2.75, 3.05) is 26.4 Å². The number of hydrogen-bond acceptors (Lipinski definition) is 12. The molecule has 2 aliphatic heterocycles. The predicted molar refractivity (Wildman–Crippen MR) is 120 cm³/mol. The third-order valence-electron chi connectivity index (χ3n) is 4.54. The third kappa shape index (κ3) is 11.0. The van der Waals surface area contributed by atoms with E-state index in [0.29, 0.717) is 0 Å². The topological polar surface area (TPSA) is 142 Å². The zero-order chi connectivity index (χ0) is 26.5. The van der Waals surface area contributed by atoms with E-state index in [1.165, 1.54) is 27.7 Å². The second-order valence-corrected chi connectivity index (χ2v) is 7.58. The van der Waals surface area contributed by atoms with Gasteiger partial charge in [-0.25, -0.2) is 0 Å². The maximum atomic E-state index is 11.3. The molecule has 0 bridgehead atoms. The van der Waals surface area contributed by atoms with Crippen LogP contribution in [0.15, 0.2) is 24.3 Å². The summed E-state index contributed by atoms with van der Waals surface area (Å²) in [5, 5.41) is 0. The molecule has 0 aromatic heterocycles. The highest BCUT2D eigenvalue weighted by Gasteiger charge is 2.32. The minimum Gasteiger partial charge on any atom is -0.463 e. The van der Waals surface area contributed by atoms with Gasteiger partial charge in [0.25, 0.3) is 0 Å². The first-order valence-corrected chi connectivity index (χ1v) is 11.1. The second-order valence-electron chi connectivity index (χ2n) is 7.58. The smallest absolute Gasteiger partial charge is 0.303 e. The van der Waals surface area contributed by atoms with E-state index in [-0.39, 0.29) is 26.4 Å². The normalized spacial score (nSPS) is 26.8. The van der Waals surface area contributed by atoms with Gasteiger partial charge in [0.1, 0.15) is 50.8 Å². The molecule has 6 atom stereocenters. The van der Waals surface area contributed by atoms with Crippen LogP contribution in [0.4, 0.5) is 0 Å². The van der Waals surface area contributed by atoms with E-state index >= 15 is 0 Å². The molecule has 0 amide bonds. The van der Waals surface area contributed by atoms with Crippen LogP contribution in [0.1, 0.15) is 27.7 Å². The summed E-state index contributed by atoms with van der Waals surface area (Å²) in [4.78, 5) is 44.7. The van der Waals surface area contributed by atoms with Crippen LogP contribution in [0.25, 0.3) is 0 Å². The number of esters is 4. The number of ether oxygens (including phenoxy) is 8. The Labute approximate surface area is 208 Å². The maximum absolute atomic E-state index is 11.3. The van der Waals surface area contributed by atoms with E-state index in [4.69, 9.17) is 37.9 Å². The predicted octanol–water partition coefficient (Wildman–Crippen LogP) is 0.575. The summed E-state index contributed by atoms with van der Waals surface area (Å²) >= 11 is 0. The molecule has 0 saturated carbocycles. The second kappa shape index (κ2) is 15.0. The minimum atomic E-state index is -0.780. The molecule has 2 aliphatic rings. The summed E-state index contributed by atoms with van der Waals surface area (Å²) in [7, 11) is 0. The van der Waals surface area contributed by atoms with Gasteiger partial charge in [-0.2, -0.15) is 0 Å². The van der Waals surface area contributed by atoms with Gasteiger partial charge in [-0.3, -0.25) is 19.2 Å². The van der Waals surface area contributed by atoms with Crippen LogP contribution in [-0.2, 0) is 57.1 Å². The summed E-state index contributed by atoms with van der Waals surface area (Å²) in [6, 6.07) is 0. The van der Waals surface area contributed by atoms with Gasteiger partial charge in [-0.1, -0.05) is 11.8 Å². The Hall–Kier alpha value is -3.24. The first kappa shape index (κ1) is 29.0. The summed E-state index contributed by atoms with van der Waals surface area (Å²) in [5.74, 6) is 3.56. The van der Waals surface area contributed by atoms with Crippen molar-refractivity contribution >= 4 is 23.9 Å². The number of hydrogen-bond donors (Lipinski definition) is 0. The van der Waals surface area contributed by atoms with Crippen LogP contribution in [0, 0.1) is 11.8 Å². The Morgan fingerprint density at radius 1 is 0.639 bits per heavy atom. The van der Waals surface area contributed by atoms with Gasteiger partial charge in [0.2, 0.25) is 0 Å². The van der Waals surface area contributed by atoms with Gasteiger partial charge in [-0.05, 0) is 24.3 Å². The molecule has 0 N–H and O–H groups in total. The van der Waals surface area contributed by atoms with Gasteiger partial charge in [-0.15, -0.1) is 0 Å². The first-order valence-electron chi connectivity index (χ1n) is 11.1. The molecule has 12 nitrogen and oxygen atoms in total. The van der Waals surface area contributed by atoms with Gasteiger partial charge in [0, 0.05) is 27.7 Å². The zero-order valence-corrected chi connectivity index (χ0v) is 20.5. The van der Waals surface area contributed by atoms with Crippen LogP contribution in [0.5, 0.6) is 0 Å². The molecule has 0 unspecified atom stereocenters. The SMILES string of the molecule is CC(=O)OC[C@H]1O[C@H](OCC#CCO[C@@H]2C=C[C@H](OC(C)=O)[C@@H](COC(C)=O)O2)C=C[C@@H]1OC(C)=O. The highest BCUT2D eigenvalue weighted by molar-refractivity contribution is 5.67. The minimum absolute atomic E-state index is 0.00183. The molecule has 0 fully saturated rings. The molecule has 0 radical (unpaired) electrons. The van der Waals surface area contributed by atoms with E-state index in [1.54, 1.807) is 24.3 Å². The monoisotopic (exact) mass is 510 g/mol. The summed E-state index contributed by atoms with van der Waals surface area (Å²) in [6.07, 6.45) is 1.90. The van der Waals surface area contributed by atoms with E-state index in [2.05, 4.69) is 11.8 Å². The van der Waals surface area contributed by atoms with Gasteiger partial charge < -0.3 is 37.9 Å². The molecule has 12 heteroatoms. The number of rotatable bonds is 10. The largest absolute Gasteiger partial charge is 0.463 e. The lowest BCUT2D eigenvalue weighted by atomic mass is 10.1. The van der Waals surface area contributed by atoms with Crippen molar-refractivity contribution in [2.45, 2.75) is 64.7 Å². The number of carbonyl (C=O) groups excluding carboxylic acids is 4. The molecule has 0 spiro atoms. The van der Waals surface area contributed by atoms with Crippen LogP contribution >= 0.6 is 0 Å². The fourth-order valence-electron chi connectivity index (χ4n) is 3.06. The average Bonchev–Trinajstić information content (AvgIpc) is 2.80. The molecule has 2 heterocycles. The van der Waals surface area contributed by atoms with Crippen LogP contribution < -0.4 is 0 Å². The van der Waals surface area contributed by atoms with E-state index in [1.807, 2.05) is 0 Å². The molecule has 0 saturated heterocycles. The lowest BCUT2D eigenvalue weighted by Gasteiger charge is -2.31. The highest BCUT2D eigenvalue weighted by atomic mass is 16.7. The van der Waals surface area contributed by atoms with Crippen LogP contribution in [0.3, 0.4) is 0 Å². The van der Waals surface area contributed by atoms with Crippen molar-refractivity contribution in [3.8, 4) is 11.8 Å². The Morgan fingerprint density at radius 2 is 1.03 bits per heavy atom. The molecule has 36 heavy (non-hydrogen) atoms. The van der Waals surface area contributed by atoms with Gasteiger partial charge in [0.05, 0.1) is 0 Å².